The molecule has 0 fully saturated rings. The first-order valence-electron chi connectivity index (χ1n) is 20.4. The second-order valence-corrected chi connectivity index (χ2v) is 14.0. The van der Waals surface area contributed by atoms with Crippen molar-refractivity contribution in [2.24, 2.45) is 5.92 Å². The van der Waals surface area contributed by atoms with Crippen molar-refractivity contribution in [3.05, 3.63) is 42.2 Å². The molecular weight excluding hydrogens is 638 g/mol. The van der Waals surface area contributed by atoms with Crippen molar-refractivity contribution in [1.82, 2.24) is 26.3 Å². The fourth-order valence-corrected chi connectivity index (χ4v) is 6.40. The normalized spacial score (nSPS) is 11.6. The lowest BCUT2D eigenvalue weighted by Gasteiger charge is -2.17. The maximum atomic E-state index is 13.2. The molecule has 0 spiro atoms. The Morgan fingerprint density at radius 1 is 0.549 bits per heavy atom. The number of nitrogens with zero attached hydrogens (tertiary/aromatic N) is 1. The van der Waals surface area contributed by atoms with Crippen LogP contribution in [0.5, 0.6) is 0 Å². The van der Waals surface area contributed by atoms with Crippen LogP contribution in [-0.4, -0.2) is 54.8 Å². The zero-order valence-corrected chi connectivity index (χ0v) is 32.0. The lowest BCUT2D eigenvalue weighted by Crippen LogP contribution is -2.44. The van der Waals surface area contributed by atoms with Crippen molar-refractivity contribution in [2.45, 2.75) is 155 Å². The molecule has 0 saturated heterocycles. The highest BCUT2D eigenvalue weighted by molar-refractivity contribution is 6.05. The molecule has 1 heterocycles. The van der Waals surface area contributed by atoms with Gasteiger partial charge in [-0.15, -0.1) is 0 Å². The summed E-state index contributed by atoms with van der Waals surface area (Å²) in [5.41, 5.74) is 0.326. The lowest BCUT2D eigenvalue weighted by molar-refractivity contribution is -0.135. The van der Waals surface area contributed by atoms with Gasteiger partial charge in [0.1, 0.15) is 11.6 Å². The van der Waals surface area contributed by atoms with Gasteiger partial charge in [-0.3, -0.25) is 24.2 Å². The highest BCUT2D eigenvalue weighted by atomic mass is 16.2. The fraction of sp³-hybridized carbons (Fsp3) is 0.690. The Balaban J connectivity index is 1.74. The lowest BCUT2D eigenvalue weighted by atomic mass is 10.0. The van der Waals surface area contributed by atoms with Gasteiger partial charge < -0.3 is 21.3 Å². The third kappa shape index (κ3) is 20.2. The summed E-state index contributed by atoms with van der Waals surface area (Å²) in [6, 6.07) is 9.40. The highest BCUT2D eigenvalue weighted by Gasteiger charge is 2.27. The van der Waals surface area contributed by atoms with E-state index in [1.54, 1.807) is 6.20 Å². The number of benzene rings is 1. The molecule has 0 bridgehead atoms. The molecule has 0 aliphatic rings. The van der Waals surface area contributed by atoms with E-state index in [2.05, 4.69) is 40.1 Å². The minimum atomic E-state index is -0.980. The first-order valence-corrected chi connectivity index (χ1v) is 20.4. The minimum Gasteiger partial charge on any atom is -0.356 e. The van der Waals surface area contributed by atoms with Crippen LogP contribution < -0.4 is 21.3 Å². The van der Waals surface area contributed by atoms with E-state index in [9.17, 15) is 19.2 Å². The Bertz CT molecular complexity index is 1250. The third-order valence-corrected chi connectivity index (χ3v) is 9.57. The van der Waals surface area contributed by atoms with Crippen LogP contribution in [0.4, 0.5) is 0 Å². The number of pyridine rings is 1. The number of amides is 4. The number of nitrogens with one attached hydrogen (secondary N) is 4. The summed E-state index contributed by atoms with van der Waals surface area (Å²) in [4.78, 5) is 56.1. The Morgan fingerprint density at radius 2 is 1.02 bits per heavy atom. The number of aromatic nitrogens is 1. The van der Waals surface area contributed by atoms with Gasteiger partial charge >= 0.3 is 0 Å². The Morgan fingerprint density at radius 3 is 1.59 bits per heavy atom. The molecule has 1 aromatic heterocycles. The smallest absolute Gasteiger partial charge is 0.270 e. The molecule has 4 amide bonds. The van der Waals surface area contributed by atoms with Crippen LogP contribution in [0.2, 0.25) is 0 Å². The fourth-order valence-electron chi connectivity index (χ4n) is 6.40. The van der Waals surface area contributed by atoms with Crippen molar-refractivity contribution in [3.63, 3.8) is 0 Å². The van der Waals surface area contributed by atoms with Gasteiger partial charge in [-0.2, -0.15) is 0 Å². The molecule has 9 heteroatoms. The molecule has 286 valence electrons. The Hall–Kier alpha value is -3.49. The van der Waals surface area contributed by atoms with E-state index in [0.29, 0.717) is 18.8 Å². The number of carbonyl (C=O) groups is 4. The van der Waals surface area contributed by atoms with Crippen LogP contribution in [0.3, 0.4) is 0 Å². The molecule has 0 radical (unpaired) electrons. The summed E-state index contributed by atoms with van der Waals surface area (Å²) in [6.07, 6.45) is 26.2. The van der Waals surface area contributed by atoms with E-state index in [-0.39, 0.29) is 43.7 Å². The molecule has 9 nitrogen and oxygen atoms in total. The van der Waals surface area contributed by atoms with E-state index < -0.39 is 11.8 Å². The topological polar surface area (TPSA) is 129 Å². The number of hydrogen-bond donors (Lipinski definition) is 4. The minimum absolute atomic E-state index is 0.102. The van der Waals surface area contributed by atoms with E-state index in [1.807, 2.05) is 30.3 Å². The van der Waals surface area contributed by atoms with Crippen LogP contribution in [0.1, 0.15) is 166 Å². The molecule has 0 aliphatic carbocycles. The molecule has 1 unspecified atom stereocenters. The van der Waals surface area contributed by atoms with Crippen LogP contribution in [-0.2, 0) is 14.4 Å². The Labute approximate surface area is 308 Å². The molecule has 1 aromatic carbocycles. The van der Waals surface area contributed by atoms with Crippen LogP contribution in [0, 0.1) is 5.92 Å². The molecule has 0 aliphatic heterocycles. The summed E-state index contributed by atoms with van der Waals surface area (Å²) in [6.45, 7) is 5.94. The molecule has 0 saturated carbocycles. The van der Waals surface area contributed by atoms with Gasteiger partial charge in [-0.1, -0.05) is 154 Å². The summed E-state index contributed by atoms with van der Waals surface area (Å²) in [5.74, 6) is -2.23. The average Bonchev–Trinajstić information content (AvgIpc) is 3.14. The molecule has 4 N–H and O–H groups in total. The van der Waals surface area contributed by atoms with Crippen molar-refractivity contribution in [2.75, 3.05) is 26.2 Å². The largest absolute Gasteiger partial charge is 0.356 e. The van der Waals surface area contributed by atoms with E-state index in [0.717, 1.165) is 42.9 Å². The van der Waals surface area contributed by atoms with Crippen LogP contribution >= 0.6 is 0 Å². The van der Waals surface area contributed by atoms with E-state index >= 15 is 0 Å². The van der Waals surface area contributed by atoms with Gasteiger partial charge in [0.05, 0.1) is 0 Å². The van der Waals surface area contributed by atoms with E-state index in [1.165, 1.54) is 96.3 Å². The van der Waals surface area contributed by atoms with Gasteiger partial charge in [0, 0.05) is 44.2 Å². The standard InChI is InChI=1S/C42H69N5O4/c1-3-5-7-9-11-13-15-17-19-23-30-43-38(48)28-27-37(40(49)45-31-24-20-18-16-14-12-10-8-6-4-2)41(50)46-33-34-47-42(51)39-36-26-22-21-25-35(36)29-32-44-39/h21-22,25-26,29,32,37H,3-20,23-24,27-28,30-31,33-34H2,1-2H3,(H,43,48)(H,45,49)(H,46,50)(H,47,51). The predicted molar refractivity (Wildman–Crippen MR) is 210 cm³/mol. The van der Waals surface area contributed by atoms with Crippen LogP contribution in [0.15, 0.2) is 36.5 Å². The molecule has 1 atom stereocenters. The summed E-state index contributed by atoms with van der Waals surface area (Å²) in [7, 11) is 0. The first kappa shape index (κ1) is 43.7. The molecule has 2 aromatic rings. The second kappa shape index (κ2) is 29.1. The SMILES string of the molecule is CCCCCCCCCCCCNC(=O)CCC(C(=O)NCCCCCCCCCCCC)C(=O)NCCNC(=O)c1nccc2ccccc12. The Kier molecular flexibility index (Phi) is 24.9. The van der Waals surface area contributed by atoms with Gasteiger partial charge in [-0.25, -0.2) is 0 Å². The van der Waals surface area contributed by atoms with Gasteiger partial charge in [-0.05, 0) is 30.7 Å². The number of carbonyl (C=O) groups excluding carboxylic acids is 4. The highest BCUT2D eigenvalue weighted by Crippen LogP contribution is 2.16. The summed E-state index contributed by atoms with van der Waals surface area (Å²) >= 11 is 0. The number of rotatable bonds is 31. The van der Waals surface area contributed by atoms with Crippen molar-refractivity contribution in [3.8, 4) is 0 Å². The molecule has 51 heavy (non-hydrogen) atoms. The summed E-state index contributed by atoms with van der Waals surface area (Å²) < 4.78 is 0. The van der Waals surface area contributed by atoms with Crippen molar-refractivity contribution >= 4 is 34.4 Å². The number of hydrogen-bond acceptors (Lipinski definition) is 5. The average molecular weight is 708 g/mol. The second-order valence-electron chi connectivity index (χ2n) is 14.0. The molecular formula is C42H69N5O4. The zero-order valence-electron chi connectivity index (χ0n) is 32.0. The monoisotopic (exact) mass is 708 g/mol. The van der Waals surface area contributed by atoms with Gasteiger partial charge in [0.25, 0.3) is 5.91 Å². The third-order valence-electron chi connectivity index (χ3n) is 9.57. The van der Waals surface area contributed by atoms with Gasteiger partial charge in [0.15, 0.2) is 0 Å². The maximum absolute atomic E-state index is 13.2. The maximum Gasteiger partial charge on any atom is 0.270 e. The number of unbranched alkanes of at least 4 members (excludes halogenated alkanes) is 18. The van der Waals surface area contributed by atoms with Crippen molar-refractivity contribution < 1.29 is 19.2 Å². The van der Waals surface area contributed by atoms with E-state index in [4.69, 9.17) is 0 Å². The van der Waals surface area contributed by atoms with Crippen LogP contribution in [0.25, 0.3) is 10.8 Å². The predicted octanol–water partition coefficient (Wildman–Crippen LogP) is 8.55. The quantitative estimate of drug-likeness (QED) is 0.0461. The first-order chi connectivity index (χ1) is 25.0. The molecule has 2 rings (SSSR count). The van der Waals surface area contributed by atoms with Gasteiger partial charge in [0.2, 0.25) is 17.7 Å². The number of fused-ring (bicyclic) bond motifs is 1. The summed E-state index contributed by atoms with van der Waals surface area (Å²) in [5, 5.41) is 13.2. The zero-order chi connectivity index (χ0) is 36.8. The van der Waals surface area contributed by atoms with Crippen molar-refractivity contribution in [1.29, 1.82) is 0 Å².